The molecule has 0 aromatic heterocycles. The third-order valence-corrected chi connectivity index (χ3v) is 6.03. The lowest BCUT2D eigenvalue weighted by Gasteiger charge is -2.28. The maximum absolute atomic E-state index is 6.00. The van der Waals surface area contributed by atoms with Crippen molar-refractivity contribution >= 4 is 8.80 Å². The van der Waals surface area contributed by atoms with Crippen LogP contribution < -0.4 is 0 Å². The lowest BCUT2D eigenvalue weighted by Crippen LogP contribution is -2.45. The van der Waals surface area contributed by atoms with Crippen LogP contribution in [-0.4, -0.2) is 29.1 Å². The molecule has 0 aliphatic heterocycles. The van der Waals surface area contributed by atoms with Crippen LogP contribution in [0.3, 0.4) is 0 Å². The number of hydrogen-bond donors (Lipinski definition) is 0. The Morgan fingerprint density at radius 1 is 0.722 bits per heavy atom. The van der Waals surface area contributed by atoms with E-state index in [0.717, 1.165) is 38.5 Å². The zero-order valence-corrected chi connectivity index (χ0v) is 13.8. The van der Waals surface area contributed by atoms with Crippen LogP contribution in [0.2, 0.25) is 6.04 Å². The minimum Gasteiger partial charge on any atom is -0.377 e. The second-order valence-corrected chi connectivity index (χ2v) is 7.60. The predicted molar refractivity (Wildman–Crippen MR) is 78.8 cm³/mol. The lowest BCUT2D eigenvalue weighted by atomic mass is 10.3. The molecule has 0 aromatic carbocycles. The van der Waals surface area contributed by atoms with Crippen molar-refractivity contribution in [2.24, 2.45) is 0 Å². The molecule has 0 bridgehead atoms. The van der Waals surface area contributed by atoms with Crippen LogP contribution in [0.1, 0.15) is 65.7 Å². The number of hydrogen-bond acceptors (Lipinski definition) is 3. The summed E-state index contributed by atoms with van der Waals surface area (Å²) >= 11 is 0. The minimum atomic E-state index is -2.37. The molecule has 0 atom stereocenters. The standard InChI is InChI=1S/C14H32O3Si/c1-5-8-10-12-16-18(15-4,14-7-3)17-13-11-9-6-2/h5-14H2,1-4H3. The van der Waals surface area contributed by atoms with E-state index in [1.54, 1.807) is 7.11 Å². The molecule has 110 valence electrons. The normalized spacial score (nSPS) is 12.0. The molecule has 0 aliphatic rings. The Hall–Kier alpha value is 0.0969. The first kappa shape index (κ1) is 18.1. The Morgan fingerprint density at radius 3 is 1.56 bits per heavy atom. The third-order valence-electron chi connectivity index (χ3n) is 3.01. The van der Waals surface area contributed by atoms with Crippen molar-refractivity contribution in [3.8, 4) is 0 Å². The van der Waals surface area contributed by atoms with Crippen LogP contribution in [0, 0.1) is 0 Å². The van der Waals surface area contributed by atoms with Gasteiger partial charge in [-0.1, -0.05) is 52.9 Å². The molecule has 0 fully saturated rings. The van der Waals surface area contributed by atoms with Gasteiger partial charge in [0, 0.05) is 26.4 Å². The summed E-state index contributed by atoms with van der Waals surface area (Å²) in [7, 11) is -0.632. The van der Waals surface area contributed by atoms with Crippen LogP contribution >= 0.6 is 0 Å². The van der Waals surface area contributed by atoms with Crippen molar-refractivity contribution in [3.63, 3.8) is 0 Å². The molecule has 0 aliphatic carbocycles. The Balaban J connectivity index is 4.05. The first-order valence-electron chi connectivity index (χ1n) is 7.57. The summed E-state index contributed by atoms with van der Waals surface area (Å²) in [6.07, 6.45) is 8.15. The minimum absolute atomic E-state index is 0.779. The van der Waals surface area contributed by atoms with Gasteiger partial charge in [0.25, 0.3) is 0 Å². The highest BCUT2D eigenvalue weighted by molar-refractivity contribution is 6.60. The largest absolute Gasteiger partial charge is 0.500 e. The van der Waals surface area contributed by atoms with Crippen molar-refractivity contribution in [1.29, 1.82) is 0 Å². The predicted octanol–water partition coefficient (Wildman–Crippen LogP) is 4.40. The maximum atomic E-state index is 6.00. The molecule has 18 heavy (non-hydrogen) atoms. The van der Waals surface area contributed by atoms with Crippen LogP contribution in [0.5, 0.6) is 0 Å². The molecule has 0 radical (unpaired) electrons. The van der Waals surface area contributed by atoms with Crippen LogP contribution in [0.15, 0.2) is 0 Å². The molecule has 0 N–H and O–H groups in total. The highest BCUT2D eigenvalue weighted by Crippen LogP contribution is 2.18. The fourth-order valence-electron chi connectivity index (χ4n) is 1.87. The van der Waals surface area contributed by atoms with Crippen LogP contribution in [0.25, 0.3) is 0 Å². The molecule has 0 unspecified atom stereocenters. The van der Waals surface area contributed by atoms with Gasteiger partial charge in [-0.15, -0.1) is 0 Å². The first-order chi connectivity index (χ1) is 8.74. The van der Waals surface area contributed by atoms with Crippen molar-refractivity contribution in [3.05, 3.63) is 0 Å². The topological polar surface area (TPSA) is 27.7 Å². The maximum Gasteiger partial charge on any atom is 0.500 e. The first-order valence-corrected chi connectivity index (χ1v) is 9.50. The monoisotopic (exact) mass is 276 g/mol. The summed E-state index contributed by atoms with van der Waals surface area (Å²) in [6, 6.07) is 0.932. The van der Waals surface area contributed by atoms with Gasteiger partial charge in [0.1, 0.15) is 0 Å². The van der Waals surface area contributed by atoms with E-state index in [0.29, 0.717) is 0 Å². The fourth-order valence-corrected chi connectivity index (χ4v) is 4.21. The molecule has 0 spiro atoms. The van der Waals surface area contributed by atoms with Crippen molar-refractivity contribution in [2.45, 2.75) is 71.8 Å². The second-order valence-electron chi connectivity index (χ2n) is 4.75. The average molecular weight is 276 g/mol. The van der Waals surface area contributed by atoms with Gasteiger partial charge < -0.3 is 13.3 Å². The fraction of sp³-hybridized carbons (Fsp3) is 1.00. The van der Waals surface area contributed by atoms with E-state index in [-0.39, 0.29) is 0 Å². The van der Waals surface area contributed by atoms with Crippen LogP contribution in [0.4, 0.5) is 0 Å². The summed E-state index contributed by atoms with van der Waals surface area (Å²) in [4.78, 5) is 0. The highest BCUT2D eigenvalue weighted by atomic mass is 28.4. The van der Waals surface area contributed by atoms with Gasteiger partial charge in [-0.05, 0) is 12.8 Å². The van der Waals surface area contributed by atoms with Crippen molar-refractivity contribution in [1.82, 2.24) is 0 Å². The molecular weight excluding hydrogens is 244 g/mol. The number of unbranched alkanes of at least 4 members (excludes halogenated alkanes) is 4. The summed E-state index contributed by atoms with van der Waals surface area (Å²) in [5.74, 6) is 0. The van der Waals surface area contributed by atoms with Crippen molar-refractivity contribution < 1.29 is 13.3 Å². The second kappa shape index (κ2) is 12.1. The van der Waals surface area contributed by atoms with Gasteiger partial charge in [0.2, 0.25) is 0 Å². The molecule has 0 heterocycles. The molecule has 0 aromatic rings. The van der Waals surface area contributed by atoms with E-state index in [1.165, 1.54) is 25.7 Å². The highest BCUT2D eigenvalue weighted by Gasteiger charge is 2.38. The third kappa shape index (κ3) is 8.24. The van der Waals surface area contributed by atoms with Gasteiger partial charge in [0.15, 0.2) is 0 Å². The van der Waals surface area contributed by atoms with Crippen molar-refractivity contribution in [2.75, 3.05) is 20.3 Å². The molecule has 0 saturated heterocycles. The van der Waals surface area contributed by atoms with Gasteiger partial charge in [-0.25, -0.2) is 0 Å². The molecule has 0 amide bonds. The molecule has 3 nitrogen and oxygen atoms in total. The quantitative estimate of drug-likeness (QED) is 0.369. The Bertz CT molecular complexity index is 164. The summed E-state index contributed by atoms with van der Waals surface area (Å²) in [5.41, 5.74) is 0. The Labute approximate surface area is 115 Å². The molecular formula is C14H32O3Si. The van der Waals surface area contributed by atoms with Gasteiger partial charge in [0.05, 0.1) is 0 Å². The van der Waals surface area contributed by atoms with E-state index < -0.39 is 8.80 Å². The van der Waals surface area contributed by atoms with E-state index in [4.69, 9.17) is 13.3 Å². The lowest BCUT2D eigenvalue weighted by molar-refractivity contribution is 0.0742. The zero-order valence-electron chi connectivity index (χ0n) is 12.8. The Morgan fingerprint density at radius 2 is 1.22 bits per heavy atom. The van der Waals surface area contributed by atoms with E-state index in [9.17, 15) is 0 Å². The molecule has 0 rings (SSSR count). The number of rotatable bonds is 13. The zero-order chi connectivity index (χ0) is 13.7. The summed E-state index contributed by atoms with van der Waals surface area (Å²) in [6.45, 7) is 8.12. The van der Waals surface area contributed by atoms with E-state index in [2.05, 4.69) is 20.8 Å². The smallest absolute Gasteiger partial charge is 0.377 e. The Kier molecular flexibility index (Phi) is 12.2. The summed E-state index contributed by atoms with van der Waals surface area (Å²) in [5, 5.41) is 0. The SMILES string of the molecule is CCCCCO[Si](CCC)(OC)OCCCCC. The summed E-state index contributed by atoms with van der Waals surface area (Å²) < 4.78 is 17.6. The van der Waals surface area contributed by atoms with Crippen LogP contribution in [-0.2, 0) is 13.3 Å². The van der Waals surface area contributed by atoms with Gasteiger partial charge in [-0.3, -0.25) is 0 Å². The van der Waals surface area contributed by atoms with Gasteiger partial charge >= 0.3 is 8.80 Å². The van der Waals surface area contributed by atoms with E-state index >= 15 is 0 Å². The molecule has 4 heteroatoms. The average Bonchev–Trinajstić information content (AvgIpc) is 2.39. The molecule has 0 saturated carbocycles. The van der Waals surface area contributed by atoms with E-state index in [1.807, 2.05) is 0 Å². The van der Waals surface area contributed by atoms with Gasteiger partial charge in [-0.2, -0.15) is 0 Å².